The van der Waals surface area contributed by atoms with Crippen molar-refractivity contribution in [2.75, 3.05) is 6.61 Å². The van der Waals surface area contributed by atoms with Crippen molar-refractivity contribution in [3.63, 3.8) is 0 Å². The maximum atomic E-state index is 13.5. The highest BCUT2D eigenvalue weighted by molar-refractivity contribution is 5.85. The Morgan fingerprint density at radius 2 is 2.08 bits per heavy atom. The van der Waals surface area contributed by atoms with Crippen LogP contribution >= 0.6 is 0 Å². The van der Waals surface area contributed by atoms with Crippen LogP contribution in [-0.2, 0) is 20.9 Å². The molecule has 8 nitrogen and oxygen atoms in total. The number of ether oxygens (including phenoxy) is 2. The summed E-state index contributed by atoms with van der Waals surface area (Å²) >= 11 is 0. The third-order valence-corrected chi connectivity index (χ3v) is 10.1. The van der Waals surface area contributed by atoms with Crippen LogP contribution in [0.2, 0.25) is 0 Å². The molecule has 2 bridgehead atoms. The van der Waals surface area contributed by atoms with Crippen LogP contribution in [0.1, 0.15) is 65.4 Å². The molecule has 4 rings (SSSR count). The van der Waals surface area contributed by atoms with Gasteiger partial charge in [-0.25, -0.2) is 4.79 Å². The predicted octanol–water partition coefficient (Wildman–Crippen LogP) is 5.78. The van der Waals surface area contributed by atoms with Crippen LogP contribution in [-0.4, -0.2) is 35.7 Å². The molecule has 3 unspecified atom stereocenters. The second-order valence-electron chi connectivity index (χ2n) is 11.9. The number of rotatable bonds is 7. The van der Waals surface area contributed by atoms with Crippen molar-refractivity contribution >= 4 is 11.8 Å². The molecule has 0 amide bonds. The van der Waals surface area contributed by atoms with Crippen molar-refractivity contribution in [2.24, 2.45) is 39.1 Å². The summed E-state index contributed by atoms with van der Waals surface area (Å²) in [5, 5.41) is 15.2. The first kappa shape index (κ1) is 27.2. The second kappa shape index (κ2) is 10.1. The van der Waals surface area contributed by atoms with E-state index in [9.17, 15) is 14.7 Å². The fourth-order valence-corrected chi connectivity index (χ4v) is 7.68. The van der Waals surface area contributed by atoms with Crippen LogP contribution in [0.3, 0.4) is 0 Å². The smallest absolute Gasteiger partial charge is 0.344 e. The van der Waals surface area contributed by atoms with E-state index in [0.717, 1.165) is 24.8 Å². The molecule has 8 heteroatoms. The summed E-state index contributed by atoms with van der Waals surface area (Å²) in [6, 6.07) is 7.03. The van der Waals surface area contributed by atoms with E-state index in [-0.39, 0.29) is 42.1 Å². The Kier molecular flexibility index (Phi) is 7.46. The van der Waals surface area contributed by atoms with Gasteiger partial charge >= 0.3 is 5.97 Å². The van der Waals surface area contributed by atoms with Gasteiger partial charge in [0.25, 0.3) is 0 Å². The molecule has 0 saturated heterocycles. The highest BCUT2D eigenvalue weighted by Gasteiger charge is 2.68. The Morgan fingerprint density at radius 1 is 1.32 bits per heavy atom. The third kappa shape index (κ3) is 4.55. The minimum atomic E-state index is -0.701. The highest BCUT2D eigenvalue weighted by Crippen LogP contribution is 2.67. The lowest BCUT2D eigenvalue weighted by Crippen LogP contribution is -2.63. The molecule has 3 fully saturated rings. The van der Waals surface area contributed by atoms with E-state index in [2.05, 4.69) is 37.4 Å². The Bertz CT molecular complexity index is 1120. The lowest BCUT2D eigenvalue weighted by Gasteiger charge is -2.61. The first-order chi connectivity index (χ1) is 17.5. The van der Waals surface area contributed by atoms with E-state index in [0.29, 0.717) is 18.6 Å². The Morgan fingerprint density at radius 3 is 2.78 bits per heavy atom. The van der Waals surface area contributed by atoms with Gasteiger partial charge < -0.3 is 14.6 Å². The van der Waals surface area contributed by atoms with E-state index in [1.165, 1.54) is 0 Å². The van der Waals surface area contributed by atoms with Crippen molar-refractivity contribution < 1.29 is 24.2 Å². The normalized spacial score (nSPS) is 38.9. The van der Waals surface area contributed by atoms with Gasteiger partial charge in [-0.15, -0.1) is 6.58 Å². The lowest BCUT2D eigenvalue weighted by molar-refractivity contribution is -0.207. The molecule has 3 saturated carbocycles. The molecule has 1 aromatic carbocycles. The van der Waals surface area contributed by atoms with Gasteiger partial charge in [0, 0.05) is 28.1 Å². The number of azide groups is 1. The zero-order chi connectivity index (χ0) is 27.0. The molecule has 0 heterocycles. The van der Waals surface area contributed by atoms with Crippen molar-refractivity contribution in [1.29, 1.82) is 0 Å². The van der Waals surface area contributed by atoms with Crippen LogP contribution in [0.25, 0.3) is 10.4 Å². The van der Waals surface area contributed by atoms with Crippen LogP contribution in [0, 0.1) is 34.0 Å². The molecule has 1 N–H and O–H groups in total. The number of Topliss-reactive ketones (excluding diaryl/α,β-unsaturated/α-hetero) is 1. The Hall–Kier alpha value is -2.83. The number of carbonyl (C=O) groups is 2. The summed E-state index contributed by atoms with van der Waals surface area (Å²) in [5.41, 5.74) is 7.77. The maximum absolute atomic E-state index is 13.5. The predicted molar refractivity (Wildman–Crippen MR) is 139 cm³/mol. The SMILES string of the molecule is C=C[C@]1(C)C[C@@H](OC(=O)COc2cccc(CN=[N+]=[N-])c2)[C@]2(C)C(C)CCC3(CCC(=O)C32)[C@@H](C)[C@@H]1O. The maximum Gasteiger partial charge on any atom is 0.344 e. The summed E-state index contributed by atoms with van der Waals surface area (Å²) in [6.07, 6.45) is 3.98. The van der Waals surface area contributed by atoms with E-state index in [1.807, 2.05) is 13.0 Å². The van der Waals surface area contributed by atoms with Gasteiger partial charge in [-0.1, -0.05) is 51.0 Å². The summed E-state index contributed by atoms with van der Waals surface area (Å²) in [7, 11) is 0. The number of aliphatic hydroxyl groups is 1. The van der Waals surface area contributed by atoms with Gasteiger partial charge in [0.05, 0.1) is 12.6 Å². The standard InChI is InChI=1S/C29H39N3O5/c1-6-27(4)15-23(37-24(34)17-36-21-9-7-8-20(14-21)16-31-32-30)28(5)18(2)10-12-29(19(3)26(27)35)13-11-22(33)25(28)29/h6-9,14,18-19,23,25-26,35H,1,10-13,15-17H2,2-5H3/t18?,19-,23+,25?,26-,27+,28-,29?/m0/s1. The van der Waals surface area contributed by atoms with Crippen molar-refractivity contribution in [2.45, 2.75) is 78.6 Å². The number of ketones is 1. The molecule has 0 spiro atoms. The molecule has 200 valence electrons. The highest BCUT2D eigenvalue weighted by atomic mass is 16.6. The molecule has 3 aliphatic rings. The molecule has 0 aromatic heterocycles. The van der Waals surface area contributed by atoms with E-state index >= 15 is 0 Å². The van der Waals surface area contributed by atoms with E-state index < -0.39 is 29.0 Å². The molecule has 8 atom stereocenters. The van der Waals surface area contributed by atoms with Crippen molar-refractivity contribution in [3.8, 4) is 5.75 Å². The number of aliphatic hydroxyl groups excluding tert-OH is 1. The number of nitrogens with zero attached hydrogens (tertiary/aromatic N) is 3. The minimum Gasteiger partial charge on any atom is -0.482 e. The van der Waals surface area contributed by atoms with Gasteiger partial charge in [-0.2, -0.15) is 0 Å². The first-order valence-corrected chi connectivity index (χ1v) is 13.3. The van der Waals surface area contributed by atoms with Gasteiger partial charge in [-0.05, 0) is 66.2 Å². The average Bonchev–Trinajstić information content (AvgIpc) is 3.25. The summed E-state index contributed by atoms with van der Waals surface area (Å²) in [5.74, 6) is 0.0117. The van der Waals surface area contributed by atoms with E-state index in [4.69, 9.17) is 15.0 Å². The van der Waals surface area contributed by atoms with Crippen LogP contribution in [0.5, 0.6) is 5.75 Å². The molecule has 37 heavy (non-hydrogen) atoms. The molecule has 0 radical (unpaired) electrons. The van der Waals surface area contributed by atoms with Crippen LogP contribution in [0.4, 0.5) is 0 Å². The van der Waals surface area contributed by atoms with Gasteiger partial charge in [0.15, 0.2) is 6.61 Å². The van der Waals surface area contributed by atoms with Crippen LogP contribution < -0.4 is 4.74 Å². The number of benzene rings is 1. The molecular formula is C29H39N3O5. The third-order valence-electron chi connectivity index (χ3n) is 10.1. The topological polar surface area (TPSA) is 122 Å². The lowest BCUT2D eigenvalue weighted by atomic mass is 9.44. The quantitative estimate of drug-likeness (QED) is 0.164. The minimum absolute atomic E-state index is 0.0728. The number of esters is 1. The fourth-order valence-electron chi connectivity index (χ4n) is 7.68. The number of hydrogen-bond donors (Lipinski definition) is 1. The Balaban J connectivity index is 1.62. The second-order valence-corrected chi connectivity index (χ2v) is 11.9. The fraction of sp³-hybridized carbons (Fsp3) is 0.655. The summed E-state index contributed by atoms with van der Waals surface area (Å²) < 4.78 is 11.9. The average molecular weight is 510 g/mol. The molecular weight excluding hydrogens is 470 g/mol. The summed E-state index contributed by atoms with van der Waals surface area (Å²) in [4.78, 5) is 29.4. The molecule has 0 aliphatic heterocycles. The zero-order valence-corrected chi connectivity index (χ0v) is 22.4. The molecule has 3 aliphatic carbocycles. The Labute approximate surface area is 219 Å². The van der Waals surface area contributed by atoms with Crippen LogP contribution in [0.15, 0.2) is 42.0 Å². The number of hydrogen-bond acceptors (Lipinski definition) is 6. The van der Waals surface area contributed by atoms with E-state index in [1.54, 1.807) is 24.3 Å². The van der Waals surface area contributed by atoms with Gasteiger partial charge in [0.1, 0.15) is 17.6 Å². The van der Waals surface area contributed by atoms with Crippen molar-refractivity contribution in [3.05, 3.63) is 52.9 Å². The zero-order valence-electron chi connectivity index (χ0n) is 22.4. The monoisotopic (exact) mass is 509 g/mol. The van der Waals surface area contributed by atoms with Crippen molar-refractivity contribution in [1.82, 2.24) is 0 Å². The van der Waals surface area contributed by atoms with Gasteiger partial charge in [0.2, 0.25) is 0 Å². The molecule has 1 aromatic rings. The largest absolute Gasteiger partial charge is 0.482 e. The van der Waals surface area contributed by atoms with Gasteiger partial charge in [-0.3, -0.25) is 4.79 Å². The number of carbonyl (C=O) groups excluding carboxylic acids is 2. The first-order valence-electron chi connectivity index (χ1n) is 13.3. The summed E-state index contributed by atoms with van der Waals surface area (Å²) in [6.45, 7) is 12.3.